The summed E-state index contributed by atoms with van der Waals surface area (Å²) in [5, 5.41) is 0. The number of amidine groups is 1. The highest BCUT2D eigenvalue weighted by molar-refractivity contribution is 6.08. The third-order valence-corrected chi connectivity index (χ3v) is 5.50. The lowest BCUT2D eigenvalue weighted by molar-refractivity contribution is -0.133. The molecule has 0 radical (unpaired) electrons. The smallest absolute Gasteiger partial charge is 0.256 e. The molecule has 2 heterocycles. The fourth-order valence-corrected chi connectivity index (χ4v) is 4.00. The first-order valence-electron chi connectivity index (χ1n) is 9.95. The Bertz CT molecular complexity index is 779. The molecule has 3 rings (SSSR count). The molecule has 1 fully saturated rings. The third-order valence-electron chi connectivity index (χ3n) is 5.50. The van der Waals surface area contributed by atoms with Crippen LogP contribution in [-0.2, 0) is 4.79 Å². The molecule has 7 heteroatoms. The molecule has 1 saturated heterocycles. The largest absolute Gasteiger partial charge is 0.338 e. The quantitative estimate of drug-likeness (QED) is 0.767. The Balaban J connectivity index is 1.75. The van der Waals surface area contributed by atoms with E-state index in [0.29, 0.717) is 25.9 Å². The van der Waals surface area contributed by atoms with Crippen molar-refractivity contribution in [3.05, 3.63) is 35.4 Å². The van der Waals surface area contributed by atoms with E-state index in [9.17, 15) is 18.4 Å². The van der Waals surface area contributed by atoms with Crippen molar-refractivity contribution < 1.29 is 18.4 Å². The van der Waals surface area contributed by atoms with Gasteiger partial charge in [0.1, 0.15) is 23.0 Å². The highest BCUT2D eigenvalue weighted by atomic mass is 19.1. The molecular weight excluding hydrogens is 364 g/mol. The number of aliphatic imine (C=N–C) groups is 1. The molecule has 1 aromatic carbocycles. The van der Waals surface area contributed by atoms with E-state index in [1.165, 1.54) is 0 Å². The van der Waals surface area contributed by atoms with E-state index < -0.39 is 23.1 Å². The molecule has 0 aliphatic carbocycles. The van der Waals surface area contributed by atoms with Crippen LogP contribution in [0.4, 0.5) is 8.78 Å². The molecule has 0 bridgehead atoms. The second kappa shape index (κ2) is 7.97. The van der Waals surface area contributed by atoms with Crippen LogP contribution in [0.25, 0.3) is 0 Å². The van der Waals surface area contributed by atoms with Crippen LogP contribution < -0.4 is 0 Å². The monoisotopic (exact) mass is 391 g/mol. The van der Waals surface area contributed by atoms with Gasteiger partial charge in [-0.3, -0.25) is 19.5 Å². The maximum absolute atomic E-state index is 13.4. The van der Waals surface area contributed by atoms with Crippen molar-refractivity contribution in [2.24, 2.45) is 4.99 Å². The summed E-state index contributed by atoms with van der Waals surface area (Å²) in [4.78, 5) is 33.9. The van der Waals surface area contributed by atoms with Crippen LogP contribution in [0.5, 0.6) is 0 Å². The number of benzene rings is 1. The van der Waals surface area contributed by atoms with Crippen LogP contribution in [0, 0.1) is 11.6 Å². The van der Waals surface area contributed by atoms with Gasteiger partial charge in [0, 0.05) is 37.2 Å². The summed E-state index contributed by atoms with van der Waals surface area (Å²) in [5.41, 5.74) is -0.820. The maximum atomic E-state index is 13.4. The number of carbonyl (C=O) groups excluding carboxylic acids is 2. The van der Waals surface area contributed by atoms with Crippen molar-refractivity contribution in [3.63, 3.8) is 0 Å². The summed E-state index contributed by atoms with van der Waals surface area (Å²) in [6.07, 6.45) is 3.62. The molecule has 5 nitrogen and oxygen atoms in total. The van der Waals surface area contributed by atoms with E-state index >= 15 is 0 Å². The lowest BCUT2D eigenvalue weighted by Gasteiger charge is -2.37. The number of hydrogen-bond donors (Lipinski definition) is 0. The maximum Gasteiger partial charge on any atom is 0.256 e. The summed E-state index contributed by atoms with van der Waals surface area (Å²) < 4.78 is 26.9. The predicted molar refractivity (Wildman–Crippen MR) is 103 cm³/mol. The lowest BCUT2D eigenvalue weighted by atomic mass is 9.87. The van der Waals surface area contributed by atoms with E-state index in [4.69, 9.17) is 4.99 Å². The molecule has 2 aliphatic heterocycles. The number of rotatable bonds is 5. The standard InChI is InChI=1S/C21H27F2N3O2/c1-4-5-6-18-24-21(20(28)26(18)14(2)3)7-9-25(10-8-21)19(27)15-11-16(22)13-17(23)12-15/h11-14H,4-10H2,1-3H3. The number of likely N-dealkylation sites (tertiary alicyclic amines) is 1. The third kappa shape index (κ3) is 3.80. The van der Waals surface area contributed by atoms with Crippen molar-refractivity contribution in [3.8, 4) is 0 Å². The van der Waals surface area contributed by atoms with Gasteiger partial charge < -0.3 is 4.90 Å². The topological polar surface area (TPSA) is 53.0 Å². The summed E-state index contributed by atoms with van der Waals surface area (Å²) in [6, 6.07) is 2.86. The van der Waals surface area contributed by atoms with E-state index in [-0.39, 0.29) is 17.5 Å². The zero-order valence-electron chi connectivity index (χ0n) is 16.7. The molecule has 0 aromatic heterocycles. The van der Waals surface area contributed by atoms with Crippen LogP contribution >= 0.6 is 0 Å². The number of piperidine rings is 1. The SMILES string of the molecule is CCCCC1=NC2(CCN(C(=O)c3cc(F)cc(F)c3)CC2)C(=O)N1C(C)C. The Labute approximate surface area is 164 Å². The second-order valence-electron chi connectivity index (χ2n) is 7.88. The lowest BCUT2D eigenvalue weighted by Crippen LogP contribution is -2.52. The summed E-state index contributed by atoms with van der Waals surface area (Å²) in [7, 11) is 0. The van der Waals surface area contributed by atoms with Gasteiger partial charge in [0.15, 0.2) is 0 Å². The van der Waals surface area contributed by atoms with Crippen molar-refractivity contribution in [1.29, 1.82) is 0 Å². The minimum atomic E-state index is -0.808. The number of hydrogen-bond acceptors (Lipinski definition) is 3. The molecular formula is C21H27F2N3O2. The van der Waals surface area contributed by atoms with Gasteiger partial charge in [0.25, 0.3) is 11.8 Å². The van der Waals surface area contributed by atoms with Gasteiger partial charge in [-0.05, 0) is 45.2 Å². The van der Waals surface area contributed by atoms with Crippen LogP contribution in [0.2, 0.25) is 0 Å². The van der Waals surface area contributed by atoms with E-state index in [2.05, 4.69) is 6.92 Å². The second-order valence-corrected chi connectivity index (χ2v) is 7.88. The molecule has 0 saturated carbocycles. The van der Waals surface area contributed by atoms with Crippen molar-refractivity contribution in [2.45, 2.75) is 64.5 Å². The van der Waals surface area contributed by atoms with Gasteiger partial charge in [-0.15, -0.1) is 0 Å². The Morgan fingerprint density at radius 1 is 1.18 bits per heavy atom. The molecule has 1 spiro atoms. The van der Waals surface area contributed by atoms with Crippen LogP contribution in [-0.4, -0.2) is 52.1 Å². The van der Waals surface area contributed by atoms with Gasteiger partial charge in [0.05, 0.1) is 0 Å². The number of amides is 2. The zero-order valence-corrected chi connectivity index (χ0v) is 16.7. The van der Waals surface area contributed by atoms with Gasteiger partial charge in [-0.25, -0.2) is 8.78 Å². The average molecular weight is 391 g/mol. The van der Waals surface area contributed by atoms with Crippen LogP contribution in [0.1, 0.15) is 63.2 Å². The van der Waals surface area contributed by atoms with Crippen LogP contribution in [0.3, 0.4) is 0 Å². The normalized spacial score (nSPS) is 18.9. The number of unbranched alkanes of at least 4 members (excludes halogenated alkanes) is 1. The molecule has 2 amide bonds. The predicted octanol–water partition coefficient (Wildman–Crippen LogP) is 3.78. The fourth-order valence-electron chi connectivity index (χ4n) is 4.00. The van der Waals surface area contributed by atoms with Crippen molar-refractivity contribution >= 4 is 17.6 Å². The Hall–Kier alpha value is -2.31. The van der Waals surface area contributed by atoms with Crippen LogP contribution in [0.15, 0.2) is 23.2 Å². The summed E-state index contributed by atoms with van der Waals surface area (Å²) >= 11 is 0. The first-order valence-corrected chi connectivity index (χ1v) is 9.95. The number of nitrogens with zero attached hydrogens (tertiary/aromatic N) is 3. The molecule has 0 N–H and O–H groups in total. The van der Waals surface area contributed by atoms with Gasteiger partial charge >= 0.3 is 0 Å². The first-order chi connectivity index (χ1) is 13.3. The average Bonchev–Trinajstić information content (AvgIpc) is 2.91. The molecule has 28 heavy (non-hydrogen) atoms. The molecule has 2 aliphatic rings. The molecule has 0 unspecified atom stereocenters. The summed E-state index contributed by atoms with van der Waals surface area (Å²) in [5.74, 6) is -1.12. The summed E-state index contributed by atoms with van der Waals surface area (Å²) in [6.45, 7) is 6.73. The Morgan fingerprint density at radius 3 is 2.32 bits per heavy atom. The highest BCUT2D eigenvalue weighted by Crippen LogP contribution is 2.36. The molecule has 152 valence electrons. The minimum absolute atomic E-state index is 0.0116. The van der Waals surface area contributed by atoms with E-state index in [1.54, 1.807) is 9.80 Å². The van der Waals surface area contributed by atoms with Gasteiger partial charge in [0.2, 0.25) is 0 Å². The number of halogens is 2. The fraction of sp³-hybridized carbons (Fsp3) is 0.571. The van der Waals surface area contributed by atoms with Crippen molar-refractivity contribution in [2.75, 3.05) is 13.1 Å². The number of carbonyl (C=O) groups is 2. The Kier molecular flexibility index (Phi) is 5.82. The zero-order chi connectivity index (χ0) is 20.5. The van der Waals surface area contributed by atoms with Gasteiger partial charge in [-0.2, -0.15) is 0 Å². The molecule has 1 aromatic rings. The van der Waals surface area contributed by atoms with E-state index in [1.807, 2.05) is 13.8 Å². The minimum Gasteiger partial charge on any atom is -0.338 e. The molecule has 0 atom stereocenters. The first kappa shape index (κ1) is 20.4. The Morgan fingerprint density at radius 2 is 1.79 bits per heavy atom. The van der Waals surface area contributed by atoms with E-state index in [0.717, 1.165) is 43.3 Å². The van der Waals surface area contributed by atoms with Crippen molar-refractivity contribution in [1.82, 2.24) is 9.80 Å². The highest BCUT2D eigenvalue weighted by Gasteiger charge is 2.50. The van der Waals surface area contributed by atoms with Gasteiger partial charge in [-0.1, -0.05) is 13.3 Å².